The predicted molar refractivity (Wildman–Crippen MR) is 93.4 cm³/mol. The number of hydrogen-bond acceptors (Lipinski definition) is 7. The van der Waals surface area contributed by atoms with E-state index in [-0.39, 0.29) is 17.5 Å². The van der Waals surface area contributed by atoms with Crippen molar-refractivity contribution < 1.29 is 17.9 Å². The Hall–Kier alpha value is -2.55. The van der Waals surface area contributed by atoms with E-state index >= 15 is 0 Å². The zero-order valence-electron chi connectivity index (χ0n) is 13.9. The third-order valence-electron chi connectivity index (χ3n) is 3.64. The largest absolute Gasteiger partial charge is 0.454 e. The van der Waals surface area contributed by atoms with Crippen LogP contribution in [0.3, 0.4) is 0 Å². The van der Waals surface area contributed by atoms with Gasteiger partial charge in [-0.2, -0.15) is 0 Å². The smallest absolute Gasteiger partial charge is 0.263 e. The molecule has 134 valence electrons. The van der Waals surface area contributed by atoms with E-state index in [4.69, 9.17) is 9.47 Å². The van der Waals surface area contributed by atoms with Gasteiger partial charge in [-0.15, -0.1) is 10.2 Å². The summed E-state index contributed by atoms with van der Waals surface area (Å²) in [5.74, 6) is 1.69. The minimum atomic E-state index is -3.78. The van der Waals surface area contributed by atoms with Crippen molar-refractivity contribution in [3.63, 3.8) is 0 Å². The molecule has 0 radical (unpaired) electrons. The molecule has 0 unspecified atom stereocenters. The number of benzene rings is 1. The highest BCUT2D eigenvalue weighted by molar-refractivity contribution is 7.92. The number of nitrogens with zero attached hydrogens (tertiary/aromatic N) is 2. The number of fused-ring (bicyclic) bond motifs is 1. The Morgan fingerprint density at radius 1 is 1.04 bits per heavy atom. The molecule has 1 aromatic heterocycles. The molecule has 1 aliphatic heterocycles. The number of unbranched alkanes of at least 4 members (excludes halogenated alkanes) is 2. The zero-order chi connectivity index (χ0) is 17.7. The van der Waals surface area contributed by atoms with Gasteiger partial charge in [-0.1, -0.05) is 19.8 Å². The minimum Gasteiger partial charge on any atom is -0.454 e. The maximum absolute atomic E-state index is 12.4. The highest BCUT2D eigenvalue weighted by Gasteiger charge is 2.20. The predicted octanol–water partition coefficient (Wildman–Crippen LogP) is 2.61. The summed E-state index contributed by atoms with van der Waals surface area (Å²) in [7, 11) is -3.78. The van der Waals surface area contributed by atoms with E-state index in [2.05, 4.69) is 27.2 Å². The standard InChI is InChI=1S/C16H20N4O4S/c1-2-3-4-9-17-15-7-8-16(19-18-15)20-25(21,22)12-5-6-13-14(10-12)24-11-23-13/h5-8,10H,2-4,9,11H2,1H3,(H,17,18)(H,19,20). The number of hydrogen-bond donors (Lipinski definition) is 2. The third kappa shape index (κ3) is 4.30. The van der Waals surface area contributed by atoms with Crippen molar-refractivity contribution in [1.29, 1.82) is 0 Å². The molecule has 25 heavy (non-hydrogen) atoms. The number of aromatic nitrogens is 2. The second kappa shape index (κ2) is 7.56. The van der Waals surface area contributed by atoms with Gasteiger partial charge in [0, 0.05) is 12.6 Å². The first-order valence-corrected chi connectivity index (χ1v) is 9.57. The average Bonchev–Trinajstić information content (AvgIpc) is 3.07. The number of nitrogens with one attached hydrogen (secondary N) is 2. The first-order chi connectivity index (χ1) is 12.1. The summed E-state index contributed by atoms with van der Waals surface area (Å²) in [6, 6.07) is 7.69. The summed E-state index contributed by atoms with van der Waals surface area (Å²) >= 11 is 0. The quantitative estimate of drug-likeness (QED) is 0.694. The van der Waals surface area contributed by atoms with Crippen molar-refractivity contribution >= 4 is 21.7 Å². The molecule has 1 aliphatic rings. The fourth-order valence-corrected chi connectivity index (χ4v) is 3.32. The van der Waals surface area contributed by atoms with Crippen molar-refractivity contribution in [2.24, 2.45) is 0 Å². The van der Waals surface area contributed by atoms with Crippen LogP contribution in [0.5, 0.6) is 11.5 Å². The van der Waals surface area contributed by atoms with E-state index in [0.29, 0.717) is 17.3 Å². The van der Waals surface area contributed by atoms with Crippen molar-refractivity contribution in [2.45, 2.75) is 31.1 Å². The molecule has 0 amide bonds. The molecule has 0 atom stereocenters. The first kappa shape index (κ1) is 17.3. The Kier molecular flexibility index (Phi) is 5.22. The molecule has 0 saturated heterocycles. The van der Waals surface area contributed by atoms with Gasteiger partial charge in [-0.05, 0) is 30.7 Å². The highest BCUT2D eigenvalue weighted by Crippen LogP contribution is 2.34. The lowest BCUT2D eigenvalue weighted by Gasteiger charge is -2.08. The average molecular weight is 364 g/mol. The van der Waals surface area contributed by atoms with Crippen LogP contribution in [-0.2, 0) is 10.0 Å². The van der Waals surface area contributed by atoms with Gasteiger partial charge in [0.05, 0.1) is 4.90 Å². The van der Waals surface area contributed by atoms with Gasteiger partial charge in [0.15, 0.2) is 17.3 Å². The van der Waals surface area contributed by atoms with E-state index < -0.39 is 10.0 Å². The second-order valence-electron chi connectivity index (χ2n) is 5.56. The normalized spacial score (nSPS) is 12.8. The Balaban J connectivity index is 1.64. The topological polar surface area (TPSA) is 102 Å². The second-order valence-corrected chi connectivity index (χ2v) is 7.24. The first-order valence-electron chi connectivity index (χ1n) is 8.08. The third-order valence-corrected chi connectivity index (χ3v) is 5.00. The van der Waals surface area contributed by atoms with Crippen LogP contribution >= 0.6 is 0 Å². The van der Waals surface area contributed by atoms with Gasteiger partial charge < -0.3 is 14.8 Å². The molecule has 8 nitrogen and oxygen atoms in total. The van der Waals surface area contributed by atoms with Gasteiger partial charge in [0.2, 0.25) is 6.79 Å². The van der Waals surface area contributed by atoms with Crippen molar-refractivity contribution in [3.05, 3.63) is 30.3 Å². The maximum atomic E-state index is 12.4. The van der Waals surface area contributed by atoms with Crippen LogP contribution in [0, 0.1) is 0 Å². The van der Waals surface area contributed by atoms with Crippen LogP contribution in [0.15, 0.2) is 35.2 Å². The molecule has 2 heterocycles. The number of sulfonamides is 1. The van der Waals surface area contributed by atoms with E-state index in [1.54, 1.807) is 18.2 Å². The van der Waals surface area contributed by atoms with Gasteiger partial charge in [-0.25, -0.2) is 8.42 Å². The van der Waals surface area contributed by atoms with Crippen LogP contribution < -0.4 is 19.5 Å². The Labute approximate surface area is 146 Å². The Bertz CT molecular complexity index is 825. The summed E-state index contributed by atoms with van der Waals surface area (Å²) in [4.78, 5) is 0.0697. The lowest BCUT2D eigenvalue weighted by Crippen LogP contribution is -2.14. The van der Waals surface area contributed by atoms with Gasteiger partial charge in [0.1, 0.15) is 5.82 Å². The fourth-order valence-electron chi connectivity index (χ4n) is 2.31. The van der Waals surface area contributed by atoms with Crippen LogP contribution in [0.2, 0.25) is 0 Å². The van der Waals surface area contributed by atoms with Crippen molar-refractivity contribution in [1.82, 2.24) is 10.2 Å². The molecule has 0 aliphatic carbocycles. The summed E-state index contributed by atoms with van der Waals surface area (Å²) in [6.07, 6.45) is 3.35. The molecular weight excluding hydrogens is 344 g/mol. The van der Waals surface area contributed by atoms with E-state index in [1.165, 1.54) is 12.1 Å². The highest BCUT2D eigenvalue weighted by atomic mass is 32.2. The van der Waals surface area contributed by atoms with Gasteiger partial charge in [-0.3, -0.25) is 4.72 Å². The monoisotopic (exact) mass is 364 g/mol. The number of anilines is 2. The molecule has 0 fully saturated rings. The lowest BCUT2D eigenvalue weighted by molar-refractivity contribution is 0.174. The number of ether oxygens (including phenoxy) is 2. The molecule has 1 aromatic carbocycles. The number of rotatable bonds is 8. The molecule has 0 spiro atoms. The van der Waals surface area contributed by atoms with E-state index in [0.717, 1.165) is 25.8 Å². The molecule has 3 rings (SSSR count). The van der Waals surface area contributed by atoms with Crippen LogP contribution in [0.1, 0.15) is 26.2 Å². The van der Waals surface area contributed by atoms with Crippen LogP contribution in [0.4, 0.5) is 11.6 Å². The Morgan fingerprint density at radius 2 is 1.80 bits per heavy atom. The van der Waals surface area contributed by atoms with Crippen LogP contribution in [0.25, 0.3) is 0 Å². The zero-order valence-corrected chi connectivity index (χ0v) is 14.7. The molecule has 2 aromatic rings. The summed E-state index contributed by atoms with van der Waals surface area (Å²) in [5, 5.41) is 11.0. The SMILES string of the molecule is CCCCCNc1ccc(NS(=O)(=O)c2ccc3c(c2)OCO3)nn1. The maximum Gasteiger partial charge on any atom is 0.263 e. The summed E-state index contributed by atoms with van der Waals surface area (Å²) in [6.45, 7) is 3.04. The fraction of sp³-hybridized carbons (Fsp3) is 0.375. The Morgan fingerprint density at radius 3 is 2.56 bits per heavy atom. The van der Waals surface area contributed by atoms with E-state index in [9.17, 15) is 8.42 Å². The molecular formula is C16H20N4O4S. The molecule has 0 saturated carbocycles. The van der Waals surface area contributed by atoms with Crippen LogP contribution in [-0.4, -0.2) is 32.0 Å². The molecule has 2 N–H and O–H groups in total. The summed E-state index contributed by atoms with van der Waals surface area (Å²) in [5.41, 5.74) is 0. The minimum absolute atomic E-state index is 0.0697. The summed E-state index contributed by atoms with van der Waals surface area (Å²) < 4.78 is 37.7. The van der Waals surface area contributed by atoms with E-state index in [1.807, 2.05) is 0 Å². The molecule has 0 bridgehead atoms. The lowest BCUT2D eigenvalue weighted by atomic mass is 10.2. The van der Waals surface area contributed by atoms with Gasteiger partial charge >= 0.3 is 0 Å². The van der Waals surface area contributed by atoms with Crippen molar-refractivity contribution in [3.8, 4) is 11.5 Å². The molecule has 9 heteroatoms. The van der Waals surface area contributed by atoms with Crippen molar-refractivity contribution in [2.75, 3.05) is 23.4 Å². The van der Waals surface area contributed by atoms with Gasteiger partial charge in [0.25, 0.3) is 10.0 Å².